The number of aliphatic hydroxyl groups is 1. The average molecular weight is 269 g/mol. The number of rotatable bonds is 5. The van der Waals surface area contributed by atoms with Gasteiger partial charge in [-0.1, -0.05) is 6.92 Å². The zero-order valence-electron chi connectivity index (χ0n) is 10.2. The molecule has 98 valence electrons. The van der Waals surface area contributed by atoms with Gasteiger partial charge in [-0.3, -0.25) is 0 Å². The molecule has 0 bridgehead atoms. The number of pyridine rings is 1. The largest absolute Gasteiger partial charge is 0.389 e. The third-order valence-corrected chi connectivity index (χ3v) is 3.95. The first-order chi connectivity index (χ1) is 8.30. The second kappa shape index (κ2) is 5.44. The average Bonchev–Trinajstić information content (AvgIpc) is 2.37. The lowest BCUT2D eigenvalue weighted by Crippen LogP contribution is -2.40. The molecule has 2 N–H and O–H groups in total. The maximum Gasteiger partial charge on any atom is 0.242 e. The van der Waals surface area contributed by atoms with Gasteiger partial charge in [-0.15, -0.1) is 0 Å². The summed E-state index contributed by atoms with van der Waals surface area (Å²) in [6.07, 6.45) is 1.54. The van der Waals surface area contributed by atoms with E-state index in [-0.39, 0.29) is 17.1 Å². The molecule has 0 aliphatic heterocycles. The highest BCUT2D eigenvalue weighted by atomic mass is 32.2. The lowest BCUT2D eigenvalue weighted by atomic mass is 10.1. The lowest BCUT2D eigenvalue weighted by Gasteiger charge is -2.21. The number of hydrogen-bond donors (Lipinski definition) is 2. The van der Waals surface area contributed by atoms with Gasteiger partial charge in [-0.2, -0.15) is 5.26 Å². The van der Waals surface area contributed by atoms with Crippen molar-refractivity contribution in [1.29, 1.82) is 5.26 Å². The topological polar surface area (TPSA) is 103 Å². The third-order valence-electron chi connectivity index (χ3n) is 2.57. The Balaban J connectivity index is 2.84. The molecule has 1 unspecified atom stereocenters. The second-order valence-electron chi connectivity index (χ2n) is 4.17. The Morgan fingerprint density at radius 1 is 1.56 bits per heavy atom. The van der Waals surface area contributed by atoms with Crippen molar-refractivity contribution in [2.45, 2.75) is 30.8 Å². The van der Waals surface area contributed by atoms with E-state index in [4.69, 9.17) is 5.26 Å². The first kappa shape index (κ1) is 14.6. The summed E-state index contributed by atoms with van der Waals surface area (Å²) in [6.45, 7) is 3.23. The summed E-state index contributed by atoms with van der Waals surface area (Å²) in [5.41, 5.74) is -0.942. The highest BCUT2D eigenvalue weighted by Gasteiger charge is 2.22. The van der Waals surface area contributed by atoms with Crippen molar-refractivity contribution in [2.24, 2.45) is 0 Å². The zero-order chi connectivity index (χ0) is 13.8. The van der Waals surface area contributed by atoms with Gasteiger partial charge in [0.1, 0.15) is 16.7 Å². The number of nitrogens with one attached hydrogen (secondary N) is 1. The zero-order valence-corrected chi connectivity index (χ0v) is 11.0. The molecule has 1 heterocycles. The van der Waals surface area contributed by atoms with E-state index in [0.717, 1.165) is 6.20 Å². The van der Waals surface area contributed by atoms with Gasteiger partial charge in [-0.05, 0) is 25.5 Å². The fraction of sp³-hybridized carbons (Fsp3) is 0.455. The summed E-state index contributed by atoms with van der Waals surface area (Å²) in [6, 6.07) is 4.43. The molecular weight excluding hydrogens is 254 g/mol. The Labute approximate surface area is 106 Å². The molecule has 0 spiro atoms. The van der Waals surface area contributed by atoms with Crippen LogP contribution in [0.2, 0.25) is 0 Å². The molecule has 7 heteroatoms. The maximum atomic E-state index is 11.8. The number of nitriles is 1. The monoisotopic (exact) mass is 269 g/mol. The van der Waals surface area contributed by atoms with Crippen molar-refractivity contribution >= 4 is 10.0 Å². The van der Waals surface area contributed by atoms with E-state index in [2.05, 4.69) is 9.71 Å². The normalized spacial score (nSPS) is 14.8. The SMILES string of the molecule is CCC(C)(O)CNS(=O)(=O)c1ccc(C#N)nc1. The van der Waals surface area contributed by atoms with Crippen LogP contribution in [0.15, 0.2) is 23.2 Å². The maximum absolute atomic E-state index is 11.8. The molecule has 0 amide bonds. The highest BCUT2D eigenvalue weighted by Crippen LogP contribution is 2.11. The van der Waals surface area contributed by atoms with E-state index in [1.165, 1.54) is 12.1 Å². The Morgan fingerprint density at radius 3 is 2.67 bits per heavy atom. The van der Waals surface area contributed by atoms with Crippen LogP contribution in [0.25, 0.3) is 0 Å². The van der Waals surface area contributed by atoms with Crippen LogP contribution in [0.5, 0.6) is 0 Å². The minimum atomic E-state index is -3.71. The Bertz CT molecular complexity index is 544. The Morgan fingerprint density at radius 2 is 2.22 bits per heavy atom. The Kier molecular flexibility index (Phi) is 4.40. The van der Waals surface area contributed by atoms with E-state index in [1.54, 1.807) is 19.9 Å². The van der Waals surface area contributed by atoms with Crippen molar-refractivity contribution in [1.82, 2.24) is 9.71 Å². The van der Waals surface area contributed by atoms with E-state index < -0.39 is 15.6 Å². The van der Waals surface area contributed by atoms with Crippen LogP contribution >= 0.6 is 0 Å². The van der Waals surface area contributed by atoms with Crippen LogP contribution in [0.4, 0.5) is 0 Å². The first-order valence-electron chi connectivity index (χ1n) is 5.39. The van der Waals surface area contributed by atoms with Crippen molar-refractivity contribution in [3.8, 4) is 6.07 Å². The van der Waals surface area contributed by atoms with Gasteiger partial charge in [0, 0.05) is 12.7 Å². The molecule has 1 aromatic heterocycles. The summed E-state index contributed by atoms with van der Waals surface area (Å²) >= 11 is 0. The summed E-state index contributed by atoms with van der Waals surface area (Å²) in [4.78, 5) is 3.65. The number of sulfonamides is 1. The van der Waals surface area contributed by atoms with Crippen molar-refractivity contribution < 1.29 is 13.5 Å². The van der Waals surface area contributed by atoms with Crippen LogP contribution in [-0.4, -0.2) is 30.7 Å². The molecule has 0 saturated heterocycles. The van der Waals surface area contributed by atoms with Gasteiger partial charge in [0.05, 0.1) is 5.60 Å². The van der Waals surface area contributed by atoms with Gasteiger partial charge in [0.25, 0.3) is 0 Å². The van der Waals surface area contributed by atoms with E-state index in [1.807, 2.05) is 0 Å². The molecule has 1 rings (SSSR count). The van der Waals surface area contributed by atoms with Crippen LogP contribution in [-0.2, 0) is 10.0 Å². The highest BCUT2D eigenvalue weighted by molar-refractivity contribution is 7.89. The molecule has 0 aliphatic carbocycles. The minimum Gasteiger partial charge on any atom is -0.389 e. The molecule has 0 saturated carbocycles. The van der Waals surface area contributed by atoms with Gasteiger partial charge >= 0.3 is 0 Å². The predicted octanol–water partition coefficient (Wildman–Crippen LogP) is 0.393. The van der Waals surface area contributed by atoms with Gasteiger partial charge in [0.15, 0.2) is 0 Å². The molecular formula is C11H15N3O3S. The van der Waals surface area contributed by atoms with E-state index in [0.29, 0.717) is 6.42 Å². The van der Waals surface area contributed by atoms with Crippen LogP contribution < -0.4 is 4.72 Å². The summed E-state index contributed by atoms with van der Waals surface area (Å²) < 4.78 is 26.0. The van der Waals surface area contributed by atoms with E-state index in [9.17, 15) is 13.5 Å². The quantitative estimate of drug-likeness (QED) is 0.805. The molecule has 0 fully saturated rings. The van der Waals surface area contributed by atoms with Crippen LogP contribution in [0.1, 0.15) is 26.0 Å². The summed E-state index contributed by atoms with van der Waals surface area (Å²) in [5.74, 6) is 0. The second-order valence-corrected chi connectivity index (χ2v) is 5.93. The molecule has 6 nitrogen and oxygen atoms in total. The van der Waals surface area contributed by atoms with Gasteiger partial charge in [-0.25, -0.2) is 18.1 Å². The Hall–Kier alpha value is -1.49. The summed E-state index contributed by atoms with van der Waals surface area (Å²) in [5, 5.41) is 18.3. The third kappa shape index (κ3) is 3.77. The number of aromatic nitrogens is 1. The molecule has 0 radical (unpaired) electrons. The van der Waals surface area contributed by atoms with Gasteiger partial charge in [0.2, 0.25) is 10.0 Å². The number of nitrogens with zero attached hydrogens (tertiary/aromatic N) is 2. The minimum absolute atomic E-state index is 0.0339. The number of hydrogen-bond acceptors (Lipinski definition) is 5. The van der Waals surface area contributed by atoms with Crippen LogP contribution in [0.3, 0.4) is 0 Å². The van der Waals surface area contributed by atoms with Crippen molar-refractivity contribution in [3.05, 3.63) is 24.0 Å². The molecule has 0 aliphatic rings. The molecule has 0 aromatic carbocycles. The van der Waals surface area contributed by atoms with Crippen LogP contribution in [0, 0.1) is 11.3 Å². The van der Waals surface area contributed by atoms with E-state index >= 15 is 0 Å². The standard InChI is InChI=1S/C11H15N3O3S/c1-3-11(2,15)8-14-18(16,17)10-5-4-9(6-12)13-7-10/h4-5,7,14-15H,3,8H2,1-2H3. The molecule has 1 aromatic rings. The molecule has 18 heavy (non-hydrogen) atoms. The lowest BCUT2D eigenvalue weighted by molar-refractivity contribution is 0.0613. The first-order valence-corrected chi connectivity index (χ1v) is 6.87. The fourth-order valence-electron chi connectivity index (χ4n) is 1.06. The smallest absolute Gasteiger partial charge is 0.242 e. The van der Waals surface area contributed by atoms with Crippen molar-refractivity contribution in [3.63, 3.8) is 0 Å². The summed E-state index contributed by atoms with van der Waals surface area (Å²) in [7, 11) is -3.71. The van der Waals surface area contributed by atoms with Gasteiger partial charge < -0.3 is 5.11 Å². The predicted molar refractivity (Wildman–Crippen MR) is 65.1 cm³/mol. The molecule has 1 atom stereocenters. The fourth-order valence-corrected chi connectivity index (χ4v) is 2.17. The van der Waals surface area contributed by atoms with Crippen molar-refractivity contribution in [2.75, 3.05) is 6.54 Å².